The van der Waals surface area contributed by atoms with Gasteiger partial charge >= 0.3 is 0 Å². The van der Waals surface area contributed by atoms with Gasteiger partial charge in [0.05, 0.1) is 11.2 Å². The highest BCUT2D eigenvalue weighted by atomic mass is 32.1. The molecule has 6 nitrogen and oxygen atoms in total. The summed E-state index contributed by atoms with van der Waals surface area (Å²) in [6, 6.07) is 0. The molecule has 19 heavy (non-hydrogen) atoms. The maximum atomic E-state index is 12.0. The molecule has 0 saturated heterocycles. The second-order valence-electron chi connectivity index (χ2n) is 4.87. The number of aromatic nitrogens is 4. The van der Waals surface area contributed by atoms with E-state index in [1.165, 1.54) is 11.3 Å². The summed E-state index contributed by atoms with van der Waals surface area (Å²) in [5.74, 6) is 1.39. The van der Waals surface area contributed by atoms with Crippen LogP contribution in [-0.2, 0) is 0 Å². The van der Waals surface area contributed by atoms with E-state index in [0.29, 0.717) is 16.7 Å². The van der Waals surface area contributed by atoms with E-state index in [9.17, 15) is 4.79 Å². The predicted octanol–water partition coefficient (Wildman–Crippen LogP) is 2.76. The highest BCUT2D eigenvalue weighted by molar-refractivity contribution is 7.13. The number of hydrogen-bond acceptors (Lipinski definition) is 5. The summed E-state index contributed by atoms with van der Waals surface area (Å²) in [6.45, 7) is 8.10. The SMILES string of the molecule is CC(C)c1nc(NC(=O)c2cnc(C(C)C)s2)n[nH]1. The van der Waals surface area contributed by atoms with Crippen molar-refractivity contribution < 1.29 is 4.79 Å². The molecule has 2 aromatic rings. The van der Waals surface area contributed by atoms with Crippen molar-refractivity contribution in [2.24, 2.45) is 0 Å². The van der Waals surface area contributed by atoms with Crippen LogP contribution in [0.2, 0.25) is 0 Å². The summed E-state index contributed by atoms with van der Waals surface area (Å²) in [5, 5.41) is 10.4. The second-order valence-corrected chi connectivity index (χ2v) is 5.93. The van der Waals surface area contributed by atoms with Crippen molar-refractivity contribution in [3.05, 3.63) is 21.9 Å². The molecular weight excluding hydrogens is 262 g/mol. The summed E-state index contributed by atoms with van der Waals surface area (Å²) in [4.78, 5) is 21.0. The summed E-state index contributed by atoms with van der Waals surface area (Å²) in [7, 11) is 0. The molecule has 0 aromatic carbocycles. The molecule has 0 aliphatic carbocycles. The summed E-state index contributed by atoms with van der Waals surface area (Å²) in [5.41, 5.74) is 0. The van der Waals surface area contributed by atoms with Gasteiger partial charge in [0.15, 0.2) is 0 Å². The van der Waals surface area contributed by atoms with Crippen LogP contribution in [0.15, 0.2) is 6.20 Å². The smallest absolute Gasteiger partial charge is 0.269 e. The molecular formula is C12H17N5OS. The third-order valence-corrected chi connectivity index (χ3v) is 3.81. The zero-order chi connectivity index (χ0) is 14.0. The number of anilines is 1. The summed E-state index contributed by atoms with van der Waals surface area (Å²) in [6.07, 6.45) is 1.59. The van der Waals surface area contributed by atoms with Crippen molar-refractivity contribution in [3.8, 4) is 0 Å². The van der Waals surface area contributed by atoms with Crippen LogP contribution in [0.5, 0.6) is 0 Å². The van der Waals surface area contributed by atoms with Crippen molar-refractivity contribution >= 4 is 23.2 Å². The molecule has 0 aliphatic rings. The molecule has 0 unspecified atom stereocenters. The van der Waals surface area contributed by atoms with Gasteiger partial charge in [-0.05, 0) is 0 Å². The minimum absolute atomic E-state index is 0.223. The van der Waals surface area contributed by atoms with Crippen LogP contribution in [-0.4, -0.2) is 26.1 Å². The number of H-pyrrole nitrogens is 1. The molecule has 102 valence electrons. The Morgan fingerprint density at radius 2 is 2.05 bits per heavy atom. The zero-order valence-corrected chi connectivity index (χ0v) is 12.2. The Hall–Kier alpha value is -1.76. The van der Waals surface area contributed by atoms with E-state index in [2.05, 4.69) is 25.5 Å². The predicted molar refractivity (Wildman–Crippen MR) is 74.6 cm³/mol. The van der Waals surface area contributed by atoms with E-state index in [1.54, 1.807) is 6.20 Å². The average Bonchev–Trinajstić information content (AvgIpc) is 2.96. The van der Waals surface area contributed by atoms with Gasteiger partial charge in [-0.25, -0.2) is 4.98 Å². The van der Waals surface area contributed by atoms with Crippen LogP contribution < -0.4 is 5.32 Å². The largest absolute Gasteiger partial charge is 0.288 e. The highest BCUT2D eigenvalue weighted by Crippen LogP contribution is 2.21. The van der Waals surface area contributed by atoms with Crippen molar-refractivity contribution in [2.45, 2.75) is 39.5 Å². The fourth-order valence-corrected chi connectivity index (χ4v) is 2.23. The van der Waals surface area contributed by atoms with Gasteiger partial charge in [-0.15, -0.1) is 16.4 Å². The molecule has 2 heterocycles. The monoisotopic (exact) mass is 279 g/mol. The van der Waals surface area contributed by atoms with Crippen molar-refractivity contribution in [3.63, 3.8) is 0 Å². The Balaban J connectivity index is 2.07. The first-order valence-corrected chi connectivity index (χ1v) is 6.98. The average molecular weight is 279 g/mol. The van der Waals surface area contributed by atoms with Crippen LogP contribution >= 0.6 is 11.3 Å². The number of hydrogen-bond donors (Lipinski definition) is 2. The van der Waals surface area contributed by atoms with E-state index >= 15 is 0 Å². The summed E-state index contributed by atoms with van der Waals surface area (Å²) >= 11 is 1.39. The van der Waals surface area contributed by atoms with Crippen LogP contribution in [0.1, 0.15) is 60.0 Å². The Morgan fingerprint density at radius 1 is 1.32 bits per heavy atom. The van der Waals surface area contributed by atoms with Gasteiger partial charge in [0.25, 0.3) is 5.91 Å². The topological polar surface area (TPSA) is 83.6 Å². The fraction of sp³-hybridized carbons (Fsp3) is 0.500. The number of carbonyl (C=O) groups excluding carboxylic acids is 1. The van der Waals surface area contributed by atoms with Crippen molar-refractivity contribution in [1.82, 2.24) is 20.2 Å². The highest BCUT2D eigenvalue weighted by Gasteiger charge is 2.15. The Labute approximate surface area is 115 Å². The molecule has 2 aromatic heterocycles. The molecule has 0 fully saturated rings. The third-order valence-electron chi connectivity index (χ3n) is 2.52. The van der Waals surface area contributed by atoms with E-state index in [1.807, 2.05) is 27.7 Å². The standard InChI is InChI=1S/C12H17N5OS/c1-6(2)9-14-12(17-16-9)15-10(18)8-5-13-11(19-8)7(3)4/h5-7H,1-4H3,(H2,14,15,16,17,18). The first-order chi connectivity index (χ1) is 8.97. The molecule has 0 spiro atoms. The molecule has 2 N–H and O–H groups in total. The lowest BCUT2D eigenvalue weighted by Gasteiger charge is -1.98. The number of thiazole rings is 1. The Kier molecular flexibility index (Phi) is 3.94. The number of nitrogens with one attached hydrogen (secondary N) is 2. The number of amides is 1. The van der Waals surface area contributed by atoms with Gasteiger partial charge in [0.1, 0.15) is 10.7 Å². The molecule has 0 aliphatic heterocycles. The first kappa shape index (κ1) is 13.7. The number of nitrogens with zero attached hydrogens (tertiary/aromatic N) is 3. The lowest BCUT2D eigenvalue weighted by Crippen LogP contribution is -2.11. The molecule has 0 radical (unpaired) electrons. The second kappa shape index (κ2) is 5.48. The number of rotatable bonds is 4. The van der Waals surface area contributed by atoms with E-state index < -0.39 is 0 Å². The van der Waals surface area contributed by atoms with Gasteiger partial charge in [-0.1, -0.05) is 27.7 Å². The van der Waals surface area contributed by atoms with E-state index in [4.69, 9.17) is 0 Å². The van der Waals surface area contributed by atoms with E-state index in [-0.39, 0.29) is 11.8 Å². The van der Waals surface area contributed by atoms with Gasteiger partial charge in [-0.2, -0.15) is 4.98 Å². The maximum Gasteiger partial charge on any atom is 0.269 e. The van der Waals surface area contributed by atoms with Crippen LogP contribution in [0.25, 0.3) is 0 Å². The van der Waals surface area contributed by atoms with Gasteiger partial charge in [0, 0.05) is 11.8 Å². The zero-order valence-electron chi connectivity index (χ0n) is 11.4. The molecule has 2 rings (SSSR count). The van der Waals surface area contributed by atoms with Gasteiger partial charge in [0.2, 0.25) is 5.95 Å². The minimum Gasteiger partial charge on any atom is -0.288 e. The lowest BCUT2D eigenvalue weighted by molar-refractivity contribution is 0.102. The van der Waals surface area contributed by atoms with Crippen LogP contribution in [0.3, 0.4) is 0 Å². The van der Waals surface area contributed by atoms with Gasteiger partial charge < -0.3 is 0 Å². The van der Waals surface area contributed by atoms with Crippen molar-refractivity contribution in [1.29, 1.82) is 0 Å². The lowest BCUT2D eigenvalue weighted by atomic mass is 10.2. The molecule has 1 amide bonds. The summed E-state index contributed by atoms with van der Waals surface area (Å²) < 4.78 is 0. The Morgan fingerprint density at radius 3 is 2.58 bits per heavy atom. The molecule has 0 atom stereocenters. The Bertz CT molecular complexity index is 572. The minimum atomic E-state index is -0.223. The fourth-order valence-electron chi connectivity index (χ4n) is 1.41. The van der Waals surface area contributed by atoms with Crippen LogP contribution in [0, 0.1) is 0 Å². The van der Waals surface area contributed by atoms with Crippen LogP contribution in [0.4, 0.5) is 5.95 Å². The number of aromatic amines is 1. The molecule has 0 bridgehead atoms. The molecule has 7 heteroatoms. The molecule has 0 saturated carbocycles. The first-order valence-electron chi connectivity index (χ1n) is 6.16. The third kappa shape index (κ3) is 3.17. The number of carbonyl (C=O) groups is 1. The quantitative estimate of drug-likeness (QED) is 0.901. The maximum absolute atomic E-state index is 12.0. The van der Waals surface area contributed by atoms with Crippen molar-refractivity contribution in [2.75, 3.05) is 5.32 Å². The van der Waals surface area contributed by atoms with E-state index in [0.717, 1.165) is 10.8 Å². The normalized spacial score (nSPS) is 11.3. The van der Waals surface area contributed by atoms with Gasteiger partial charge in [-0.3, -0.25) is 15.2 Å².